The van der Waals surface area contributed by atoms with Crippen LogP contribution in [-0.2, 0) is 4.79 Å². The van der Waals surface area contributed by atoms with E-state index in [0.717, 1.165) is 30.8 Å². The van der Waals surface area contributed by atoms with Crippen LogP contribution in [0.25, 0.3) is 0 Å². The quantitative estimate of drug-likeness (QED) is 0.815. The lowest BCUT2D eigenvalue weighted by atomic mass is 9.98. The maximum atomic E-state index is 12.0. The molecule has 1 saturated heterocycles. The van der Waals surface area contributed by atoms with E-state index in [-0.39, 0.29) is 5.91 Å². The van der Waals surface area contributed by atoms with Crippen molar-refractivity contribution in [3.05, 3.63) is 41.0 Å². The Bertz CT molecular complexity index is 482. The lowest BCUT2D eigenvalue weighted by Crippen LogP contribution is -2.36. The van der Waals surface area contributed by atoms with E-state index in [2.05, 4.69) is 36.6 Å². The molecular formula is C16H22N2O. The van der Waals surface area contributed by atoms with Crippen LogP contribution < -0.4 is 10.6 Å². The van der Waals surface area contributed by atoms with Crippen molar-refractivity contribution in [3.63, 3.8) is 0 Å². The Labute approximate surface area is 115 Å². The minimum Gasteiger partial charge on any atom is -0.322 e. The molecule has 102 valence electrons. The first-order valence-electron chi connectivity index (χ1n) is 6.92. The summed E-state index contributed by atoms with van der Waals surface area (Å²) in [4.78, 5) is 12.0. The van der Waals surface area contributed by atoms with E-state index < -0.39 is 0 Å². The smallest absolute Gasteiger partial charge is 0.251 e. The van der Waals surface area contributed by atoms with Crippen LogP contribution in [-0.4, -0.2) is 19.0 Å². The fourth-order valence-electron chi connectivity index (χ4n) is 2.03. The molecule has 1 aromatic rings. The Morgan fingerprint density at radius 2 is 1.95 bits per heavy atom. The fraction of sp³-hybridized carbons (Fsp3) is 0.438. The Morgan fingerprint density at radius 3 is 2.42 bits per heavy atom. The molecule has 1 aliphatic rings. The van der Waals surface area contributed by atoms with Crippen LogP contribution in [0, 0.1) is 0 Å². The molecule has 1 amide bonds. The molecule has 0 radical (unpaired) electrons. The summed E-state index contributed by atoms with van der Waals surface area (Å²) >= 11 is 0. The van der Waals surface area contributed by atoms with E-state index in [1.54, 1.807) is 0 Å². The van der Waals surface area contributed by atoms with Crippen LogP contribution in [0.15, 0.2) is 35.4 Å². The van der Waals surface area contributed by atoms with Crippen LogP contribution in [0.1, 0.15) is 38.7 Å². The van der Waals surface area contributed by atoms with E-state index in [9.17, 15) is 4.79 Å². The van der Waals surface area contributed by atoms with Gasteiger partial charge in [-0.15, -0.1) is 0 Å². The third-order valence-corrected chi connectivity index (χ3v) is 3.90. The third kappa shape index (κ3) is 3.24. The molecule has 3 nitrogen and oxygen atoms in total. The predicted molar refractivity (Wildman–Crippen MR) is 79.3 cm³/mol. The van der Waals surface area contributed by atoms with Gasteiger partial charge in [-0.05, 0) is 42.5 Å². The summed E-state index contributed by atoms with van der Waals surface area (Å²) in [6, 6.07) is 8.15. The SMILES string of the molecule is CCC(C)c1ccc(NC(=O)C(C)=C2CNC2)cc1. The van der Waals surface area contributed by atoms with Crippen molar-refractivity contribution in [2.75, 3.05) is 18.4 Å². The van der Waals surface area contributed by atoms with Crippen molar-refractivity contribution in [2.24, 2.45) is 0 Å². The Balaban J connectivity index is 2.01. The van der Waals surface area contributed by atoms with Gasteiger partial charge in [0.15, 0.2) is 0 Å². The summed E-state index contributed by atoms with van der Waals surface area (Å²) < 4.78 is 0. The summed E-state index contributed by atoms with van der Waals surface area (Å²) in [6.45, 7) is 7.96. The zero-order valence-electron chi connectivity index (χ0n) is 11.9. The molecule has 0 spiro atoms. The number of carbonyl (C=O) groups is 1. The Morgan fingerprint density at radius 1 is 1.32 bits per heavy atom. The summed E-state index contributed by atoms with van der Waals surface area (Å²) in [7, 11) is 0. The molecule has 1 fully saturated rings. The van der Waals surface area contributed by atoms with Gasteiger partial charge < -0.3 is 10.6 Å². The van der Waals surface area contributed by atoms with Gasteiger partial charge in [0.1, 0.15) is 0 Å². The molecule has 1 unspecified atom stereocenters. The van der Waals surface area contributed by atoms with Gasteiger partial charge >= 0.3 is 0 Å². The zero-order valence-corrected chi connectivity index (χ0v) is 11.9. The molecule has 1 aromatic carbocycles. The van der Waals surface area contributed by atoms with Gasteiger partial charge in [-0.25, -0.2) is 0 Å². The number of hydrogen-bond acceptors (Lipinski definition) is 2. The topological polar surface area (TPSA) is 41.1 Å². The highest BCUT2D eigenvalue weighted by Gasteiger charge is 2.16. The summed E-state index contributed by atoms with van der Waals surface area (Å²) in [6.07, 6.45) is 1.13. The van der Waals surface area contributed by atoms with E-state index in [1.807, 2.05) is 19.1 Å². The number of rotatable bonds is 4. The maximum Gasteiger partial charge on any atom is 0.251 e. The van der Waals surface area contributed by atoms with Crippen LogP contribution in [0.2, 0.25) is 0 Å². The largest absolute Gasteiger partial charge is 0.322 e. The first-order valence-corrected chi connectivity index (χ1v) is 6.92. The Hall–Kier alpha value is -1.61. The molecule has 0 bridgehead atoms. The molecule has 2 rings (SSSR count). The van der Waals surface area contributed by atoms with Crippen molar-refractivity contribution in [3.8, 4) is 0 Å². The molecule has 3 heteroatoms. The second kappa shape index (κ2) is 6.02. The number of amides is 1. The number of benzene rings is 1. The monoisotopic (exact) mass is 258 g/mol. The highest BCUT2D eigenvalue weighted by molar-refractivity contribution is 6.04. The number of nitrogens with one attached hydrogen (secondary N) is 2. The Kier molecular flexibility index (Phi) is 4.38. The first-order chi connectivity index (χ1) is 9.11. The first kappa shape index (κ1) is 13.8. The molecular weight excluding hydrogens is 236 g/mol. The summed E-state index contributed by atoms with van der Waals surface area (Å²) in [5.74, 6) is 0.572. The molecule has 0 saturated carbocycles. The van der Waals surface area contributed by atoms with Gasteiger partial charge in [-0.1, -0.05) is 26.0 Å². The molecule has 1 aliphatic heterocycles. The van der Waals surface area contributed by atoms with Crippen molar-refractivity contribution < 1.29 is 4.79 Å². The minimum absolute atomic E-state index is 0.00721. The van der Waals surface area contributed by atoms with Crippen LogP contribution in [0.3, 0.4) is 0 Å². The summed E-state index contributed by atoms with van der Waals surface area (Å²) in [5, 5.41) is 6.10. The van der Waals surface area contributed by atoms with E-state index in [4.69, 9.17) is 0 Å². The zero-order chi connectivity index (χ0) is 13.8. The van der Waals surface area contributed by atoms with Gasteiger partial charge in [0, 0.05) is 24.4 Å². The highest BCUT2D eigenvalue weighted by atomic mass is 16.1. The van der Waals surface area contributed by atoms with Crippen molar-refractivity contribution in [1.82, 2.24) is 5.32 Å². The second-order valence-corrected chi connectivity index (χ2v) is 5.22. The molecule has 1 atom stereocenters. The van der Waals surface area contributed by atoms with Crippen LogP contribution in [0.4, 0.5) is 5.69 Å². The number of hydrogen-bond donors (Lipinski definition) is 2. The number of anilines is 1. The van der Waals surface area contributed by atoms with E-state index in [1.165, 1.54) is 11.1 Å². The van der Waals surface area contributed by atoms with Gasteiger partial charge in [-0.2, -0.15) is 0 Å². The standard InChI is InChI=1S/C16H22N2O/c1-4-11(2)13-5-7-15(8-6-13)18-16(19)12(3)14-9-17-10-14/h5-8,11,17H,4,9-10H2,1-3H3,(H,18,19). The van der Waals surface area contributed by atoms with Crippen LogP contribution >= 0.6 is 0 Å². The van der Waals surface area contributed by atoms with E-state index in [0.29, 0.717) is 5.92 Å². The summed E-state index contributed by atoms with van der Waals surface area (Å²) in [5.41, 5.74) is 4.22. The number of carbonyl (C=O) groups excluding carboxylic acids is 1. The van der Waals surface area contributed by atoms with Crippen molar-refractivity contribution in [1.29, 1.82) is 0 Å². The highest BCUT2D eigenvalue weighted by Crippen LogP contribution is 2.21. The lowest BCUT2D eigenvalue weighted by Gasteiger charge is -2.21. The lowest BCUT2D eigenvalue weighted by molar-refractivity contribution is -0.112. The normalized spacial score (nSPS) is 15.6. The molecule has 1 heterocycles. The average Bonchev–Trinajstić information content (AvgIpc) is 2.36. The van der Waals surface area contributed by atoms with Crippen LogP contribution in [0.5, 0.6) is 0 Å². The fourth-order valence-corrected chi connectivity index (χ4v) is 2.03. The average molecular weight is 258 g/mol. The maximum absolute atomic E-state index is 12.0. The van der Waals surface area contributed by atoms with Gasteiger partial charge in [-0.3, -0.25) is 4.79 Å². The molecule has 0 aliphatic carbocycles. The van der Waals surface area contributed by atoms with Gasteiger partial charge in [0.05, 0.1) is 0 Å². The third-order valence-electron chi connectivity index (χ3n) is 3.90. The molecule has 19 heavy (non-hydrogen) atoms. The minimum atomic E-state index is 0.00721. The van der Waals surface area contributed by atoms with Gasteiger partial charge in [0.25, 0.3) is 5.91 Å². The second-order valence-electron chi connectivity index (χ2n) is 5.22. The molecule has 0 aromatic heterocycles. The van der Waals surface area contributed by atoms with Crippen molar-refractivity contribution >= 4 is 11.6 Å². The van der Waals surface area contributed by atoms with Crippen molar-refractivity contribution in [2.45, 2.75) is 33.1 Å². The van der Waals surface area contributed by atoms with E-state index >= 15 is 0 Å². The molecule has 2 N–H and O–H groups in total. The predicted octanol–water partition coefficient (Wildman–Crippen LogP) is 3.06. The van der Waals surface area contributed by atoms with Gasteiger partial charge in [0.2, 0.25) is 0 Å².